The quantitative estimate of drug-likeness (QED) is 0.184. The Kier molecular flexibility index (Phi) is 10.3. The van der Waals surface area contributed by atoms with E-state index < -0.39 is 6.09 Å². The largest absolute Gasteiger partial charge is 0.492 e. The number of anilines is 3. The Morgan fingerprint density at radius 1 is 0.878 bits per heavy atom. The summed E-state index contributed by atoms with van der Waals surface area (Å²) in [7, 11) is 4.02. The van der Waals surface area contributed by atoms with Gasteiger partial charge in [0.15, 0.2) is 0 Å². The average Bonchev–Trinajstić information content (AvgIpc) is 2.95. The van der Waals surface area contributed by atoms with E-state index in [0.29, 0.717) is 31.4 Å². The summed E-state index contributed by atoms with van der Waals surface area (Å²) in [6.45, 7) is 8.24. The van der Waals surface area contributed by atoms with Crippen molar-refractivity contribution in [3.8, 4) is 16.9 Å². The molecule has 0 aliphatic heterocycles. The number of likely N-dealkylation sites (N-methyl/N-ethyl adjacent to an activating group) is 1. The van der Waals surface area contributed by atoms with E-state index in [-0.39, 0.29) is 0 Å². The maximum Gasteiger partial charge on any atom is 0.412 e. The van der Waals surface area contributed by atoms with Crippen molar-refractivity contribution in [2.75, 3.05) is 44.5 Å². The van der Waals surface area contributed by atoms with Crippen molar-refractivity contribution in [1.82, 2.24) is 14.9 Å². The first-order valence-corrected chi connectivity index (χ1v) is 13.9. The van der Waals surface area contributed by atoms with Gasteiger partial charge in [-0.25, -0.2) is 9.78 Å². The highest BCUT2D eigenvalue weighted by Crippen LogP contribution is 2.30. The van der Waals surface area contributed by atoms with E-state index in [0.717, 1.165) is 24.4 Å². The van der Waals surface area contributed by atoms with Gasteiger partial charge in [-0.3, -0.25) is 5.32 Å². The lowest BCUT2D eigenvalue weighted by Crippen LogP contribution is -2.19. The Balaban J connectivity index is 1.26. The van der Waals surface area contributed by atoms with Gasteiger partial charge in [-0.1, -0.05) is 36.4 Å². The lowest BCUT2D eigenvalue weighted by atomic mass is 9.90. The van der Waals surface area contributed by atoms with Crippen LogP contribution in [0.3, 0.4) is 0 Å². The molecule has 2 N–H and O–H groups in total. The topological polar surface area (TPSA) is 88.6 Å². The van der Waals surface area contributed by atoms with Gasteiger partial charge < -0.3 is 19.7 Å². The predicted octanol–water partition coefficient (Wildman–Crippen LogP) is 6.93. The zero-order chi connectivity index (χ0) is 29.2. The molecule has 0 saturated carbocycles. The third kappa shape index (κ3) is 8.53. The number of hydrogen-bond acceptors (Lipinski definition) is 7. The number of rotatable bonds is 12. The van der Waals surface area contributed by atoms with Crippen LogP contribution in [0.25, 0.3) is 11.1 Å². The molecule has 0 aliphatic carbocycles. The highest BCUT2D eigenvalue weighted by molar-refractivity contribution is 5.83. The fourth-order valence-electron chi connectivity index (χ4n) is 4.42. The number of hydrogen-bond donors (Lipinski definition) is 2. The molecule has 1 heterocycles. The van der Waals surface area contributed by atoms with Crippen molar-refractivity contribution >= 4 is 23.5 Å². The molecule has 8 nitrogen and oxygen atoms in total. The van der Waals surface area contributed by atoms with Crippen LogP contribution in [0.15, 0.2) is 72.9 Å². The minimum absolute atomic E-state index is 0.297. The molecule has 214 valence electrons. The number of benzene rings is 3. The molecule has 4 aromatic rings. The molecule has 1 amide bonds. The third-order valence-electron chi connectivity index (χ3n) is 6.99. The molecular weight excluding hydrogens is 514 g/mol. The number of carbonyl (C=O) groups is 1. The minimum Gasteiger partial charge on any atom is -0.492 e. The number of nitrogens with one attached hydrogen (secondary N) is 2. The molecule has 0 unspecified atom stereocenters. The molecule has 8 heteroatoms. The van der Waals surface area contributed by atoms with Gasteiger partial charge in [0.25, 0.3) is 0 Å². The maximum absolute atomic E-state index is 12.4. The van der Waals surface area contributed by atoms with Crippen LogP contribution in [0.4, 0.5) is 22.2 Å². The molecule has 4 rings (SSSR count). The van der Waals surface area contributed by atoms with Gasteiger partial charge >= 0.3 is 6.09 Å². The van der Waals surface area contributed by atoms with Crippen LogP contribution in [-0.2, 0) is 11.2 Å². The Morgan fingerprint density at radius 3 is 2.44 bits per heavy atom. The van der Waals surface area contributed by atoms with E-state index in [1.165, 1.54) is 33.4 Å². The smallest absolute Gasteiger partial charge is 0.412 e. The minimum atomic E-state index is -0.549. The zero-order valence-electron chi connectivity index (χ0n) is 24.5. The summed E-state index contributed by atoms with van der Waals surface area (Å²) in [4.78, 5) is 23.1. The van der Waals surface area contributed by atoms with Crippen LogP contribution in [0.2, 0.25) is 0 Å². The molecular formula is C33H39N5O3. The Hall–Kier alpha value is -4.43. The van der Waals surface area contributed by atoms with E-state index in [1.807, 2.05) is 38.4 Å². The van der Waals surface area contributed by atoms with Crippen molar-refractivity contribution in [2.24, 2.45) is 0 Å². The number of aromatic nitrogens is 2. The van der Waals surface area contributed by atoms with E-state index in [2.05, 4.69) is 82.7 Å². The average molecular weight is 554 g/mol. The van der Waals surface area contributed by atoms with Crippen LogP contribution in [-0.4, -0.2) is 54.8 Å². The van der Waals surface area contributed by atoms with Gasteiger partial charge in [-0.2, -0.15) is 4.98 Å². The summed E-state index contributed by atoms with van der Waals surface area (Å²) in [5.41, 5.74) is 8.44. The number of ether oxygens (including phenoxy) is 2. The van der Waals surface area contributed by atoms with Gasteiger partial charge in [0, 0.05) is 18.4 Å². The number of aryl methyl sites for hydroxylation is 2. The monoisotopic (exact) mass is 553 g/mol. The third-order valence-corrected chi connectivity index (χ3v) is 6.99. The molecule has 3 aromatic carbocycles. The van der Waals surface area contributed by atoms with Gasteiger partial charge in [0.2, 0.25) is 5.95 Å². The van der Waals surface area contributed by atoms with Crippen molar-refractivity contribution in [2.45, 2.75) is 33.6 Å². The fourth-order valence-corrected chi connectivity index (χ4v) is 4.42. The summed E-state index contributed by atoms with van der Waals surface area (Å²) in [5.74, 6) is 1.51. The standard InChI is InChI=1S/C33H39N5O3/c1-23-12-17-29(25(3)24(23)2)30-11-7-6-9-26(30)10-8-21-41-33(39)37-31-18-19-34-32(36-31)35-27-13-15-28(16-14-27)40-22-20-38(4)5/h6-7,9,11-19H,8,10,20-22H2,1-5H3,(H2,34,35,36,37,39). The second kappa shape index (κ2) is 14.3. The molecule has 41 heavy (non-hydrogen) atoms. The second-order valence-electron chi connectivity index (χ2n) is 10.3. The summed E-state index contributed by atoms with van der Waals surface area (Å²) in [5, 5.41) is 5.83. The Bertz CT molecular complexity index is 1450. The first-order chi connectivity index (χ1) is 19.8. The molecule has 0 spiro atoms. The lowest BCUT2D eigenvalue weighted by molar-refractivity contribution is 0.160. The summed E-state index contributed by atoms with van der Waals surface area (Å²) in [6, 6.07) is 22.0. The Morgan fingerprint density at radius 2 is 1.66 bits per heavy atom. The molecule has 0 radical (unpaired) electrons. The van der Waals surface area contributed by atoms with Crippen molar-refractivity contribution in [1.29, 1.82) is 0 Å². The molecule has 0 saturated heterocycles. The van der Waals surface area contributed by atoms with Crippen LogP contribution >= 0.6 is 0 Å². The van der Waals surface area contributed by atoms with Crippen LogP contribution in [0, 0.1) is 20.8 Å². The Labute approximate surface area is 242 Å². The number of amides is 1. The van der Waals surface area contributed by atoms with E-state index >= 15 is 0 Å². The number of carbonyl (C=O) groups excluding carboxylic acids is 1. The van der Waals surface area contributed by atoms with Crippen molar-refractivity contribution < 1.29 is 14.3 Å². The van der Waals surface area contributed by atoms with E-state index in [9.17, 15) is 4.79 Å². The van der Waals surface area contributed by atoms with Gasteiger partial charge in [0.1, 0.15) is 18.2 Å². The van der Waals surface area contributed by atoms with E-state index in [1.54, 1.807) is 12.3 Å². The summed E-state index contributed by atoms with van der Waals surface area (Å²) in [6.07, 6.45) is 2.54. The predicted molar refractivity (Wildman–Crippen MR) is 165 cm³/mol. The second-order valence-corrected chi connectivity index (χ2v) is 10.3. The first kappa shape index (κ1) is 29.6. The lowest BCUT2D eigenvalue weighted by Gasteiger charge is -2.15. The maximum atomic E-state index is 12.4. The molecule has 0 aliphatic rings. The first-order valence-electron chi connectivity index (χ1n) is 13.9. The van der Waals surface area contributed by atoms with Crippen LogP contribution in [0.5, 0.6) is 5.75 Å². The fraction of sp³-hybridized carbons (Fsp3) is 0.303. The normalized spacial score (nSPS) is 10.9. The highest BCUT2D eigenvalue weighted by Gasteiger charge is 2.11. The number of nitrogens with zero attached hydrogens (tertiary/aromatic N) is 3. The zero-order valence-corrected chi connectivity index (χ0v) is 24.5. The molecule has 0 atom stereocenters. The molecule has 1 aromatic heterocycles. The molecule has 0 bridgehead atoms. The van der Waals surface area contributed by atoms with Crippen molar-refractivity contribution in [3.05, 3.63) is 95.2 Å². The van der Waals surface area contributed by atoms with Crippen LogP contribution in [0.1, 0.15) is 28.7 Å². The highest BCUT2D eigenvalue weighted by atomic mass is 16.5. The van der Waals surface area contributed by atoms with Gasteiger partial charge in [-0.05, 0) is 111 Å². The SMILES string of the molecule is Cc1ccc(-c2ccccc2CCCOC(=O)Nc2ccnc(Nc3ccc(OCCN(C)C)cc3)n2)c(C)c1C. The summed E-state index contributed by atoms with van der Waals surface area (Å²) >= 11 is 0. The van der Waals surface area contributed by atoms with Crippen LogP contribution < -0.4 is 15.4 Å². The summed E-state index contributed by atoms with van der Waals surface area (Å²) < 4.78 is 11.2. The van der Waals surface area contributed by atoms with E-state index in [4.69, 9.17) is 9.47 Å². The molecule has 0 fully saturated rings. The van der Waals surface area contributed by atoms with Gasteiger partial charge in [-0.15, -0.1) is 0 Å². The van der Waals surface area contributed by atoms with Crippen molar-refractivity contribution in [3.63, 3.8) is 0 Å². The van der Waals surface area contributed by atoms with Gasteiger partial charge in [0.05, 0.1) is 6.61 Å².